The third kappa shape index (κ3) is 2.92. The predicted octanol–water partition coefficient (Wildman–Crippen LogP) is 3.15. The number of hydrogen-bond acceptors (Lipinski definition) is 4. The SMILES string of the molecule is CCC(=O)N1CCC(Nc2c(C#N)cnc3c(C)cc(C)cc23)C1. The van der Waals surface area contributed by atoms with Crippen LogP contribution in [0.2, 0.25) is 0 Å². The summed E-state index contributed by atoms with van der Waals surface area (Å²) >= 11 is 0. The van der Waals surface area contributed by atoms with E-state index in [4.69, 9.17) is 0 Å². The van der Waals surface area contributed by atoms with Crippen molar-refractivity contribution in [3.63, 3.8) is 0 Å². The molecule has 2 aromatic rings. The molecule has 124 valence electrons. The molecule has 5 heteroatoms. The second-order valence-corrected chi connectivity index (χ2v) is 6.46. The second-order valence-electron chi connectivity index (χ2n) is 6.46. The fourth-order valence-corrected chi connectivity index (χ4v) is 3.43. The van der Waals surface area contributed by atoms with Gasteiger partial charge in [0.15, 0.2) is 0 Å². The highest BCUT2D eigenvalue weighted by atomic mass is 16.2. The number of fused-ring (bicyclic) bond motifs is 1. The lowest BCUT2D eigenvalue weighted by molar-refractivity contribution is -0.129. The van der Waals surface area contributed by atoms with Crippen LogP contribution in [0.3, 0.4) is 0 Å². The molecule has 5 nitrogen and oxygen atoms in total. The molecular weight excluding hydrogens is 300 g/mol. The number of carbonyl (C=O) groups is 1. The molecule has 0 radical (unpaired) electrons. The van der Waals surface area contributed by atoms with Crippen LogP contribution in [0.5, 0.6) is 0 Å². The maximum Gasteiger partial charge on any atom is 0.222 e. The molecule has 1 aromatic carbocycles. The first kappa shape index (κ1) is 16.3. The van der Waals surface area contributed by atoms with E-state index < -0.39 is 0 Å². The summed E-state index contributed by atoms with van der Waals surface area (Å²) in [5.41, 5.74) is 4.56. The third-order valence-electron chi connectivity index (χ3n) is 4.62. The van der Waals surface area contributed by atoms with E-state index in [2.05, 4.69) is 28.5 Å². The van der Waals surface area contributed by atoms with E-state index in [9.17, 15) is 10.1 Å². The van der Waals surface area contributed by atoms with Crippen molar-refractivity contribution in [2.24, 2.45) is 0 Å². The molecule has 1 fully saturated rings. The molecular formula is C19H22N4O. The number of carbonyl (C=O) groups excluding carboxylic acids is 1. The summed E-state index contributed by atoms with van der Waals surface area (Å²) in [5, 5.41) is 14.0. The van der Waals surface area contributed by atoms with Gasteiger partial charge in [0, 0.05) is 37.1 Å². The van der Waals surface area contributed by atoms with Gasteiger partial charge in [0.25, 0.3) is 0 Å². The largest absolute Gasteiger partial charge is 0.379 e. The minimum Gasteiger partial charge on any atom is -0.379 e. The number of anilines is 1. The van der Waals surface area contributed by atoms with Crippen LogP contribution in [0, 0.1) is 25.2 Å². The van der Waals surface area contributed by atoms with Crippen LogP contribution >= 0.6 is 0 Å². The van der Waals surface area contributed by atoms with Crippen molar-refractivity contribution < 1.29 is 4.79 Å². The Hall–Kier alpha value is -2.61. The van der Waals surface area contributed by atoms with Crippen molar-refractivity contribution in [1.82, 2.24) is 9.88 Å². The Morgan fingerprint density at radius 3 is 2.96 bits per heavy atom. The normalized spacial score (nSPS) is 17.1. The van der Waals surface area contributed by atoms with Gasteiger partial charge in [0.2, 0.25) is 5.91 Å². The van der Waals surface area contributed by atoms with Gasteiger partial charge in [-0.1, -0.05) is 18.6 Å². The number of pyridine rings is 1. The van der Waals surface area contributed by atoms with Crippen molar-refractivity contribution in [3.05, 3.63) is 35.0 Å². The monoisotopic (exact) mass is 322 g/mol. The number of aryl methyl sites for hydroxylation is 2. The quantitative estimate of drug-likeness (QED) is 0.942. The average Bonchev–Trinajstić information content (AvgIpc) is 3.03. The van der Waals surface area contributed by atoms with Crippen molar-refractivity contribution in [3.8, 4) is 6.07 Å². The van der Waals surface area contributed by atoms with Gasteiger partial charge in [0.1, 0.15) is 6.07 Å². The van der Waals surface area contributed by atoms with Gasteiger partial charge < -0.3 is 10.2 Å². The Kier molecular flexibility index (Phi) is 4.39. The molecule has 2 heterocycles. The van der Waals surface area contributed by atoms with E-state index in [0.29, 0.717) is 18.5 Å². The lowest BCUT2D eigenvalue weighted by Gasteiger charge is -2.19. The highest BCUT2D eigenvalue weighted by Gasteiger charge is 2.26. The molecule has 1 saturated heterocycles. The molecule has 3 rings (SSSR count). The first-order chi connectivity index (χ1) is 11.5. The lowest BCUT2D eigenvalue weighted by atomic mass is 10.0. The highest BCUT2D eigenvalue weighted by molar-refractivity contribution is 5.96. The van der Waals surface area contributed by atoms with Gasteiger partial charge in [-0.3, -0.25) is 9.78 Å². The number of nitrogens with one attached hydrogen (secondary N) is 1. The van der Waals surface area contributed by atoms with Crippen molar-refractivity contribution in [2.45, 2.75) is 39.7 Å². The van der Waals surface area contributed by atoms with Crippen LogP contribution < -0.4 is 5.32 Å². The number of nitriles is 1. The zero-order valence-electron chi connectivity index (χ0n) is 14.4. The molecule has 24 heavy (non-hydrogen) atoms. The lowest BCUT2D eigenvalue weighted by Crippen LogP contribution is -2.31. The van der Waals surface area contributed by atoms with Crippen LogP contribution in [-0.4, -0.2) is 34.9 Å². The zero-order chi connectivity index (χ0) is 17.3. The summed E-state index contributed by atoms with van der Waals surface area (Å²) in [6.07, 6.45) is 3.06. The maximum absolute atomic E-state index is 11.9. The molecule has 0 spiro atoms. The minimum atomic E-state index is 0.166. The average molecular weight is 322 g/mol. The van der Waals surface area contributed by atoms with E-state index >= 15 is 0 Å². The van der Waals surface area contributed by atoms with Gasteiger partial charge in [0.05, 0.1) is 16.8 Å². The summed E-state index contributed by atoms with van der Waals surface area (Å²) < 4.78 is 0. The van der Waals surface area contributed by atoms with Gasteiger partial charge >= 0.3 is 0 Å². The summed E-state index contributed by atoms with van der Waals surface area (Å²) in [6.45, 7) is 7.43. The van der Waals surface area contributed by atoms with Crippen molar-refractivity contribution in [1.29, 1.82) is 5.26 Å². The number of likely N-dealkylation sites (tertiary alicyclic amines) is 1. The van der Waals surface area contributed by atoms with Gasteiger partial charge in [-0.15, -0.1) is 0 Å². The van der Waals surface area contributed by atoms with E-state index in [1.165, 1.54) is 0 Å². The Labute approximate surface area is 142 Å². The van der Waals surface area contributed by atoms with Crippen molar-refractivity contribution >= 4 is 22.5 Å². The fraction of sp³-hybridized carbons (Fsp3) is 0.421. The Balaban J connectivity index is 1.97. The topological polar surface area (TPSA) is 69.0 Å². The number of benzene rings is 1. The first-order valence-electron chi connectivity index (χ1n) is 8.37. The number of aromatic nitrogens is 1. The molecule has 1 aliphatic rings. The van der Waals surface area contributed by atoms with Crippen LogP contribution in [0.4, 0.5) is 5.69 Å². The molecule has 1 aliphatic heterocycles. The molecule has 1 aromatic heterocycles. The van der Waals surface area contributed by atoms with Crippen LogP contribution in [0.25, 0.3) is 10.9 Å². The molecule has 1 N–H and O–H groups in total. The highest BCUT2D eigenvalue weighted by Crippen LogP contribution is 2.30. The van der Waals surface area contributed by atoms with Crippen LogP contribution in [0.15, 0.2) is 18.3 Å². The summed E-state index contributed by atoms with van der Waals surface area (Å²) in [7, 11) is 0. The fourth-order valence-electron chi connectivity index (χ4n) is 3.43. The molecule has 0 aliphatic carbocycles. The molecule has 1 atom stereocenters. The second kappa shape index (κ2) is 6.48. The number of hydrogen-bond donors (Lipinski definition) is 1. The molecule has 0 bridgehead atoms. The maximum atomic E-state index is 11.9. The smallest absolute Gasteiger partial charge is 0.222 e. The summed E-state index contributed by atoms with van der Waals surface area (Å²) in [4.78, 5) is 18.2. The van der Waals surface area contributed by atoms with Crippen molar-refractivity contribution in [2.75, 3.05) is 18.4 Å². The molecule has 0 saturated carbocycles. The Bertz CT molecular complexity index is 837. The third-order valence-corrected chi connectivity index (χ3v) is 4.62. The molecule has 1 amide bonds. The number of nitrogens with zero attached hydrogens (tertiary/aromatic N) is 3. The summed E-state index contributed by atoms with van der Waals surface area (Å²) in [6, 6.07) is 6.58. The number of rotatable bonds is 3. The Morgan fingerprint density at radius 1 is 1.46 bits per heavy atom. The number of amides is 1. The van der Waals surface area contributed by atoms with Gasteiger partial charge in [-0.25, -0.2) is 0 Å². The predicted molar refractivity (Wildman–Crippen MR) is 94.8 cm³/mol. The first-order valence-corrected chi connectivity index (χ1v) is 8.37. The Morgan fingerprint density at radius 2 is 2.25 bits per heavy atom. The van der Waals surface area contributed by atoms with E-state index in [-0.39, 0.29) is 11.9 Å². The van der Waals surface area contributed by atoms with E-state index in [1.807, 2.05) is 25.7 Å². The van der Waals surface area contributed by atoms with Gasteiger partial charge in [-0.2, -0.15) is 5.26 Å². The molecule has 1 unspecified atom stereocenters. The summed E-state index contributed by atoms with van der Waals surface area (Å²) in [5.74, 6) is 0.186. The minimum absolute atomic E-state index is 0.166. The van der Waals surface area contributed by atoms with E-state index in [1.54, 1.807) is 6.20 Å². The zero-order valence-corrected chi connectivity index (χ0v) is 14.4. The van der Waals surface area contributed by atoms with E-state index in [0.717, 1.165) is 40.7 Å². The van der Waals surface area contributed by atoms with Crippen LogP contribution in [-0.2, 0) is 4.79 Å². The van der Waals surface area contributed by atoms with Gasteiger partial charge in [-0.05, 0) is 31.9 Å². The standard InChI is InChI=1S/C19H22N4O/c1-4-17(24)23-6-5-15(11-23)22-19-14(9-20)10-21-18-13(3)7-12(2)8-16(18)19/h7-8,10,15H,4-6,11H2,1-3H3,(H,21,22). The van der Waals surface area contributed by atoms with Crippen LogP contribution in [0.1, 0.15) is 36.5 Å².